The molecule has 3 aromatic rings. The van der Waals surface area contributed by atoms with Gasteiger partial charge in [0.2, 0.25) is 0 Å². The summed E-state index contributed by atoms with van der Waals surface area (Å²) in [4.78, 5) is 4.15. The second kappa shape index (κ2) is 5.72. The minimum Gasteiger partial charge on any atom is -0.455 e. The molecular weight excluding hydrogens is 266 g/mol. The second-order valence-electron chi connectivity index (χ2n) is 4.24. The molecule has 3 heteroatoms. The van der Waals surface area contributed by atoms with Gasteiger partial charge in [0.25, 0.3) is 0 Å². The van der Waals surface area contributed by atoms with E-state index in [9.17, 15) is 0 Å². The van der Waals surface area contributed by atoms with Crippen LogP contribution in [0.2, 0.25) is 0 Å². The van der Waals surface area contributed by atoms with E-state index in [1.54, 1.807) is 11.3 Å². The molecule has 0 amide bonds. The number of para-hydroxylation sites is 2. The van der Waals surface area contributed by atoms with Crippen molar-refractivity contribution in [3.63, 3.8) is 0 Å². The molecule has 98 valence electrons. The van der Waals surface area contributed by atoms with E-state index >= 15 is 0 Å². The summed E-state index contributed by atoms with van der Waals surface area (Å²) in [6, 6.07) is 17.7. The van der Waals surface area contributed by atoms with Crippen LogP contribution in [0.4, 0.5) is 5.69 Å². The first-order valence-corrected chi connectivity index (χ1v) is 7.18. The molecule has 1 heterocycles. The first kappa shape index (κ1) is 12.6. The minimum absolute atomic E-state index is 0.718. The zero-order chi connectivity index (χ0) is 13.8. The summed E-state index contributed by atoms with van der Waals surface area (Å²) in [5, 5.41) is 4.14. The molecule has 1 aromatic heterocycles. The molecule has 0 unspecified atom stereocenters. The lowest BCUT2D eigenvalue weighted by atomic mass is 10.1. The second-order valence-corrected chi connectivity index (χ2v) is 5.02. The maximum Gasteiger partial charge on any atom is 0.153 e. The van der Waals surface area contributed by atoms with Crippen LogP contribution in [0.3, 0.4) is 0 Å². The van der Waals surface area contributed by atoms with Crippen LogP contribution in [-0.4, -0.2) is 6.72 Å². The number of rotatable bonds is 4. The predicted molar refractivity (Wildman–Crippen MR) is 85.5 cm³/mol. The van der Waals surface area contributed by atoms with Gasteiger partial charge in [-0.3, -0.25) is 4.99 Å². The number of benzene rings is 2. The molecule has 0 radical (unpaired) electrons. The number of hydrogen-bond donors (Lipinski definition) is 0. The van der Waals surface area contributed by atoms with Gasteiger partial charge in [-0.25, -0.2) is 0 Å². The van der Waals surface area contributed by atoms with E-state index in [1.165, 1.54) is 0 Å². The summed E-state index contributed by atoms with van der Waals surface area (Å²) < 4.78 is 5.91. The Kier molecular flexibility index (Phi) is 3.61. The molecule has 0 saturated heterocycles. The first-order valence-electron chi connectivity index (χ1n) is 6.23. The Morgan fingerprint density at radius 3 is 2.50 bits per heavy atom. The Labute approximate surface area is 122 Å². The van der Waals surface area contributed by atoms with Gasteiger partial charge in [0.15, 0.2) is 5.75 Å². The maximum atomic E-state index is 5.91. The zero-order valence-electron chi connectivity index (χ0n) is 10.8. The van der Waals surface area contributed by atoms with Gasteiger partial charge in [-0.2, -0.15) is 11.3 Å². The van der Waals surface area contributed by atoms with Gasteiger partial charge in [-0.15, -0.1) is 0 Å². The smallest absolute Gasteiger partial charge is 0.153 e. The highest BCUT2D eigenvalue weighted by molar-refractivity contribution is 7.08. The van der Waals surface area contributed by atoms with Crippen molar-refractivity contribution in [3.8, 4) is 22.6 Å². The van der Waals surface area contributed by atoms with E-state index in [2.05, 4.69) is 23.2 Å². The van der Waals surface area contributed by atoms with Gasteiger partial charge >= 0.3 is 0 Å². The van der Waals surface area contributed by atoms with E-state index in [0.29, 0.717) is 0 Å². The molecule has 0 atom stereocenters. The topological polar surface area (TPSA) is 21.6 Å². The summed E-state index contributed by atoms with van der Waals surface area (Å²) in [6.45, 7) is 3.68. The molecule has 0 N–H and O–H groups in total. The molecule has 0 fully saturated rings. The number of nitrogens with zero attached hydrogens (tertiary/aromatic N) is 1. The summed E-state index contributed by atoms with van der Waals surface area (Å²) in [6.07, 6.45) is 0. The van der Waals surface area contributed by atoms with Crippen molar-refractivity contribution >= 4 is 23.7 Å². The van der Waals surface area contributed by atoms with Crippen LogP contribution >= 0.6 is 11.3 Å². The van der Waals surface area contributed by atoms with Gasteiger partial charge in [0.05, 0.1) is 0 Å². The van der Waals surface area contributed by atoms with Crippen molar-refractivity contribution in [1.82, 2.24) is 0 Å². The molecule has 0 aliphatic rings. The van der Waals surface area contributed by atoms with Crippen molar-refractivity contribution in [3.05, 3.63) is 65.4 Å². The lowest BCUT2D eigenvalue weighted by Crippen LogP contribution is -1.86. The lowest BCUT2D eigenvalue weighted by Gasteiger charge is -2.11. The molecule has 2 aromatic carbocycles. The van der Waals surface area contributed by atoms with Gasteiger partial charge in [-0.05, 0) is 47.3 Å². The summed E-state index contributed by atoms with van der Waals surface area (Å²) in [7, 11) is 0. The minimum atomic E-state index is 0.718. The zero-order valence-corrected chi connectivity index (χ0v) is 11.6. The third-order valence-corrected chi connectivity index (χ3v) is 3.64. The van der Waals surface area contributed by atoms with Gasteiger partial charge in [0, 0.05) is 5.56 Å². The Bertz CT molecular complexity index is 705. The largest absolute Gasteiger partial charge is 0.455 e. The maximum absolute atomic E-state index is 5.91. The van der Waals surface area contributed by atoms with Crippen LogP contribution in [0.15, 0.2) is 70.3 Å². The number of thiophene rings is 1. The summed E-state index contributed by atoms with van der Waals surface area (Å²) in [5.41, 5.74) is 2.94. The van der Waals surface area contributed by atoms with E-state index < -0.39 is 0 Å². The molecule has 0 spiro atoms. The van der Waals surface area contributed by atoms with Crippen LogP contribution < -0.4 is 4.74 Å². The van der Waals surface area contributed by atoms with Crippen molar-refractivity contribution in [1.29, 1.82) is 0 Å². The fraction of sp³-hybridized carbons (Fsp3) is 0. The summed E-state index contributed by atoms with van der Waals surface area (Å²) in [5.74, 6) is 1.51. The highest BCUT2D eigenvalue weighted by Gasteiger charge is 2.11. The highest BCUT2D eigenvalue weighted by atomic mass is 32.1. The van der Waals surface area contributed by atoms with Crippen LogP contribution in [0.25, 0.3) is 11.1 Å². The number of aliphatic imine (C=N–C) groups is 1. The average Bonchev–Trinajstić information content (AvgIpc) is 3.02. The molecule has 0 saturated carbocycles. The molecule has 20 heavy (non-hydrogen) atoms. The first-order chi connectivity index (χ1) is 9.88. The third kappa shape index (κ3) is 2.49. The van der Waals surface area contributed by atoms with Crippen LogP contribution in [0, 0.1) is 0 Å². The fourth-order valence-electron chi connectivity index (χ4n) is 2.03. The third-order valence-electron chi connectivity index (χ3n) is 2.96. The summed E-state index contributed by atoms with van der Waals surface area (Å²) >= 11 is 1.66. The standard InChI is InChI=1S/C17H13NOS/c1-18-17-15(13-10-11-20-12-13)8-5-9-16(17)19-14-6-3-2-4-7-14/h2-12H,1H2. The molecule has 2 nitrogen and oxygen atoms in total. The lowest BCUT2D eigenvalue weighted by molar-refractivity contribution is 0.484. The SMILES string of the molecule is C=Nc1c(Oc2ccccc2)cccc1-c1ccsc1. The van der Waals surface area contributed by atoms with Crippen LogP contribution in [0.5, 0.6) is 11.5 Å². The molecule has 0 aliphatic carbocycles. The van der Waals surface area contributed by atoms with E-state index in [1.807, 2.05) is 53.9 Å². The van der Waals surface area contributed by atoms with Crippen LogP contribution in [-0.2, 0) is 0 Å². The number of hydrogen-bond acceptors (Lipinski definition) is 3. The Morgan fingerprint density at radius 1 is 0.950 bits per heavy atom. The molecule has 0 bridgehead atoms. The normalized spacial score (nSPS) is 10.2. The monoisotopic (exact) mass is 279 g/mol. The number of ether oxygens (including phenoxy) is 1. The Morgan fingerprint density at radius 2 is 1.80 bits per heavy atom. The Balaban J connectivity index is 2.04. The van der Waals surface area contributed by atoms with Crippen molar-refractivity contribution < 1.29 is 4.74 Å². The predicted octanol–water partition coefficient (Wildman–Crippen LogP) is 5.54. The van der Waals surface area contributed by atoms with E-state index in [4.69, 9.17) is 4.74 Å². The van der Waals surface area contributed by atoms with Gasteiger partial charge in [0.1, 0.15) is 11.4 Å². The van der Waals surface area contributed by atoms with Crippen molar-refractivity contribution in [2.45, 2.75) is 0 Å². The van der Waals surface area contributed by atoms with Crippen molar-refractivity contribution in [2.24, 2.45) is 4.99 Å². The highest BCUT2D eigenvalue weighted by Crippen LogP contribution is 2.40. The molecule has 0 aliphatic heterocycles. The van der Waals surface area contributed by atoms with Crippen molar-refractivity contribution in [2.75, 3.05) is 0 Å². The van der Waals surface area contributed by atoms with E-state index in [-0.39, 0.29) is 0 Å². The molecule has 3 rings (SSSR count). The quantitative estimate of drug-likeness (QED) is 0.574. The van der Waals surface area contributed by atoms with Crippen LogP contribution in [0.1, 0.15) is 0 Å². The fourth-order valence-corrected chi connectivity index (χ4v) is 2.69. The van der Waals surface area contributed by atoms with Gasteiger partial charge < -0.3 is 4.74 Å². The molecular formula is C17H13NOS. The van der Waals surface area contributed by atoms with Gasteiger partial charge in [-0.1, -0.05) is 30.3 Å². The Hall–Kier alpha value is -2.39. The average molecular weight is 279 g/mol. The van der Waals surface area contributed by atoms with E-state index in [0.717, 1.165) is 28.3 Å².